The van der Waals surface area contributed by atoms with Gasteiger partial charge in [-0.05, 0) is 12.8 Å². The average molecular weight is 111 g/mol. The first-order chi connectivity index (χ1) is 3.83. The molecule has 8 heavy (non-hydrogen) atoms. The molecule has 1 aliphatic carbocycles. The topological polar surface area (TPSA) is 40.1 Å². The first kappa shape index (κ1) is 4.77. The molecule has 0 bridgehead atoms. The predicted octanol–water partition coefficient (Wildman–Crippen LogP) is -0.288. The molecular formula is C6H11N2. The summed E-state index contributed by atoms with van der Waals surface area (Å²) in [6, 6.07) is 0.405. The van der Waals surface area contributed by atoms with Crippen LogP contribution in [0.15, 0.2) is 0 Å². The van der Waals surface area contributed by atoms with E-state index in [0.717, 1.165) is 13.1 Å². The maximum Gasteiger partial charge on any atom is 0.0291 e. The second-order valence-electron chi connectivity index (χ2n) is 3.03. The Morgan fingerprint density at radius 1 is 1.50 bits per heavy atom. The van der Waals surface area contributed by atoms with E-state index in [2.05, 4.69) is 5.32 Å². The molecular weight excluding hydrogens is 100 g/mol. The lowest BCUT2D eigenvalue weighted by Gasteiger charge is -2.08. The van der Waals surface area contributed by atoms with E-state index in [1.54, 1.807) is 0 Å². The Bertz CT molecular complexity index is 107. The molecule has 0 amide bonds. The van der Waals surface area contributed by atoms with Crippen molar-refractivity contribution in [1.29, 1.82) is 0 Å². The molecule has 1 heterocycles. The van der Waals surface area contributed by atoms with Crippen LogP contribution in [0.4, 0.5) is 0 Å². The van der Waals surface area contributed by atoms with Crippen LogP contribution in [0.3, 0.4) is 0 Å². The fourth-order valence-corrected chi connectivity index (χ4v) is 1.43. The summed E-state index contributed by atoms with van der Waals surface area (Å²) in [4.78, 5) is 0. The molecule has 1 radical (unpaired) electrons. The third-order valence-electron chi connectivity index (χ3n) is 2.43. The highest BCUT2D eigenvalue weighted by molar-refractivity contribution is 5.07. The summed E-state index contributed by atoms with van der Waals surface area (Å²) >= 11 is 0. The van der Waals surface area contributed by atoms with Gasteiger partial charge in [-0.1, -0.05) is 0 Å². The number of hydrogen-bond donors (Lipinski definition) is 1. The molecule has 2 fully saturated rings. The van der Waals surface area contributed by atoms with Crippen LogP contribution >= 0.6 is 0 Å². The van der Waals surface area contributed by atoms with Gasteiger partial charge in [0.15, 0.2) is 0 Å². The molecule has 1 saturated carbocycles. The zero-order valence-electron chi connectivity index (χ0n) is 4.93. The molecule has 2 heteroatoms. The Balaban J connectivity index is 2.12. The Morgan fingerprint density at radius 3 is 2.50 bits per heavy atom. The minimum absolute atomic E-state index is 0.405. The van der Waals surface area contributed by atoms with Crippen LogP contribution in [-0.4, -0.2) is 19.1 Å². The lowest BCUT2D eigenvalue weighted by molar-refractivity contribution is 0.498. The second-order valence-corrected chi connectivity index (χ2v) is 3.03. The van der Waals surface area contributed by atoms with E-state index < -0.39 is 0 Å². The summed E-state index contributed by atoms with van der Waals surface area (Å²) < 4.78 is 0. The minimum Gasteiger partial charge on any atom is -0.326 e. The molecule has 0 aromatic rings. The van der Waals surface area contributed by atoms with Crippen molar-refractivity contribution in [2.45, 2.75) is 18.9 Å². The second kappa shape index (κ2) is 1.25. The van der Waals surface area contributed by atoms with Crippen LogP contribution in [0.2, 0.25) is 0 Å². The normalized spacial score (nSPS) is 40.9. The molecule has 2 aliphatic rings. The monoisotopic (exact) mass is 111 g/mol. The van der Waals surface area contributed by atoms with Gasteiger partial charge in [0.25, 0.3) is 0 Å². The molecule has 2 nitrogen and oxygen atoms in total. The Morgan fingerprint density at radius 2 is 2.25 bits per heavy atom. The first-order valence-electron chi connectivity index (χ1n) is 3.22. The number of nitrogens with zero attached hydrogens (tertiary/aromatic N) is 1. The molecule has 45 valence electrons. The number of nitrogens with two attached hydrogens (primary N) is 1. The van der Waals surface area contributed by atoms with Crippen LogP contribution in [0, 0.1) is 5.41 Å². The fourth-order valence-electron chi connectivity index (χ4n) is 1.43. The molecule has 1 atom stereocenters. The predicted molar refractivity (Wildman–Crippen MR) is 31.5 cm³/mol. The van der Waals surface area contributed by atoms with Gasteiger partial charge in [0.2, 0.25) is 0 Å². The van der Waals surface area contributed by atoms with Crippen molar-refractivity contribution in [3.63, 3.8) is 0 Å². The third kappa shape index (κ3) is 0.446. The SMILES string of the molecule is N[C@@H]1C[N]CC12CC2. The Hall–Kier alpha value is -0.0800. The molecule has 1 spiro atoms. The van der Waals surface area contributed by atoms with Gasteiger partial charge in [0.1, 0.15) is 0 Å². The van der Waals surface area contributed by atoms with Crippen LogP contribution < -0.4 is 11.1 Å². The van der Waals surface area contributed by atoms with E-state index in [0.29, 0.717) is 11.5 Å². The summed E-state index contributed by atoms with van der Waals surface area (Å²) in [5, 5.41) is 4.25. The molecule has 1 aliphatic heterocycles. The van der Waals surface area contributed by atoms with Gasteiger partial charge in [-0.3, -0.25) is 0 Å². The van der Waals surface area contributed by atoms with E-state index in [9.17, 15) is 0 Å². The largest absolute Gasteiger partial charge is 0.326 e. The lowest BCUT2D eigenvalue weighted by atomic mass is 10.0. The van der Waals surface area contributed by atoms with Crippen LogP contribution in [0.25, 0.3) is 0 Å². The van der Waals surface area contributed by atoms with Crippen molar-refractivity contribution in [1.82, 2.24) is 5.32 Å². The summed E-state index contributed by atoms with van der Waals surface area (Å²) in [6.07, 6.45) is 2.66. The summed E-state index contributed by atoms with van der Waals surface area (Å²) in [7, 11) is 0. The van der Waals surface area contributed by atoms with Gasteiger partial charge in [0.05, 0.1) is 0 Å². The van der Waals surface area contributed by atoms with E-state index >= 15 is 0 Å². The minimum atomic E-state index is 0.405. The van der Waals surface area contributed by atoms with E-state index in [1.165, 1.54) is 12.8 Å². The zero-order chi connectivity index (χ0) is 5.61. The molecule has 0 unspecified atom stereocenters. The van der Waals surface area contributed by atoms with Crippen LogP contribution in [0.1, 0.15) is 12.8 Å². The van der Waals surface area contributed by atoms with Crippen molar-refractivity contribution < 1.29 is 0 Å². The van der Waals surface area contributed by atoms with Crippen molar-refractivity contribution >= 4 is 0 Å². The molecule has 2 N–H and O–H groups in total. The smallest absolute Gasteiger partial charge is 0.0291 e. The summed E-state index contributed by atoms with van der Waals surface area (Å²) in [5.41, 5.74) is 6.30. The van der Waals surface area contributed by atoms with Crippen molar-refractivity contribution in [2.75, 3.05) is 13.1 Å². The zero-order valence-corrected chi connectivity index (χ0v) is 4.93. The quantitative estimate of drug-likeness (QED) is 0.458. The van der Waals surface area contributed by atoms with Gasteiger partial charge in [0, 0.05) is 24.5 Å². The van der Waals surface area contributed by atoms with E-state index in [-0.39, 0.29) is 0 Å². The maximum atomic E-state index is 5.78. The highest BCUT2D eigenvalue weighted by Crippen LogP contribution is 2.49. The first-order valence-corrected chi connectivity index (χ1v) is 3.22. The Kier molecular flexibility index (Phi) is 0.746. The Labute approximate surface area is 49.4 Å². The lowest BCUT2D eigenvalue weighted by Crippen LogP contribution is -2.29. The fraction of sp³-hybridized carbons (Fsp3) is 1.00. The van der Waals surface area contributed by atoms with Gasteiger partial charge in [-0.2, -0.15) is 0 Å². The van der Waals surface area contributed by atoms with Gasteiger partial charge in [-0.25, -0.2) is 5.32 Å². The maximum absolute atomic E-state index is 5.78. The molecule has 0 aromatic carbocycles. The van der Waals surface area contributed by atoms with E-state index in [1.807, 2.05) is 0 Å². The highest BCUT2D eigenvalue weighted by Gasteiger charge is 2.50. The highest BCUT2D eigenvalue weighted by atomic mass is 15.0. The van der Waals surface area contributed by atoms with Gasteiger partial charge in [-0.15, -0.1) is 0 Å². The van der Waals surface area contributed by atoms with Gasteiger partial charge < -0.3 is 5.73 Å². The third-order valence-corrected chi connectivity index (χ3v) is 2.43. The number of hydrogen-bond acceptors (Lipinski definition) is 1. The standard InChI is InChI=1S/C6H11N2/c7-5-3-8-4-6(5)1-2-6/h5H,1-4,7H2/t5-/m1/s1. The summed E-state index contributed by atoms with van der Waals surface area (Å²) in [5.74, 6) is 0. The van der Waals surface area contributed by atoms with E-state index in [4.69, 9.17) is 5.73 Å². The molecule has 2 rings (SSSR count). The number of rotatable bonds is 0. The van der Waals surface area contributed by atoms with Crippen molar-refractivity contribution in [3.8, 4) is 0 Å². The van der Waals surface area contributed by atoms with Gasteiger partial charge >= 0.3 is 0 Å². The van der Waals surface area contributed by atoms with Crippen molar-refractivity contribution in [3.05, 3.63) is 0 Å². The molecule has 0 aromatic heterocycles. The van der Waals surface area contributed by atoms with Crippen LogP contribution in [0.5, 0.6) is 0 Å². The summed E-state index contributed by atoms with van der Waals surface area (Å²) in [6.45, 7) is 1.97. The van der Waals surface area contributed by atoms with Crippen molar-refractivity contribution in [2.24, 2.45) is 11.1 Å². The molecule has 1 saturated heterocycles. The average Bonchev–Trinajstić information content (AvgIpc) is 2.39. The van der Waals surface area contributed by atoms with Crippen LogP contribution in [-0.2, 0) is 0 Å².